The van der Waals surface area contributed by atoms with Crippen molar-refractivity contribution in [3.63, 3.8) is 0 Å². The van der Waals surface area contributed by atoms with Gasteiger partial charge in [0.1, 0.15) is 5.76 Å². The number of rotatable bonds is 4. The Morgan fingerprint density at radius 2 is 1.96 bits per heavy atom. The number of para-hydroxylation sites is 1. The van der Waals surface area contributed by atoms with E-state index in [0.29, 0.717) is 13.2 Å². The van der Waals surface area contributed by atoms with Crippen LogP contribution >= 0.6 is 0 Å². The summed E-state index contributed by atoms with van der Waals surface area (Å²) < 4.78 is 10.9. The summed E-state index contributed by atoms with van der Waals surface area (Å²) in [6.45, 7) is 6.23. The molecule has 2 aliphatic rings. The third-order valence-electron chi connectivity index (χ3n) is 5.34. The normalized spacial score (nSPS) is 22.9. The summed E-state index contributed by atoms with van der Waals surface area (Å²) in [6.07, 6.45) is 0.730. The smallest absolute Gasteiger partial charge is 0.317 e. The molecule has 2 aliphatic heterocycles. The van der Waals surface area contributed by atoms with Crippen LogP contribution in [0.15, 0.2) is 40.9 Å². The molecule has 2 fully saturated rings. The molecule has 0 radical (unpaired) electrons. The first-order valence-corrected chi connectivity index (χ1v) is 9.54. The van der Waals surface area contributed by atoms with Crippen molar-refractivity contribution in [2.45, 2.75) is 19.4 Å². The molecule has 3 heterocycles. The van der Waals surface area contributed by atoms with Gasteiger partial charge >= 0.3 is 6.03 Å². The molecular weight excluding hydrogens is 344 g/mol. The van der Waals surface area contributed by atoms with Gasteiger partial charge in [0.2, 0.25) is 0 Å². The molecule has 0 saturated carbocycles. The summed E-state index contributed by atoms with van der Waals surface area (Å²) in [5.74, 6) is 1.06. The zero-order valence-electron chi connectivity index (χ0n) is 15.6. The monoisotopic (exact) mass is 370 g/mol. The van der Waals surface area contributed by atoms with Crippen LogP contribution < -0.4 is 10.2 Å². The number of amides is 2. The van der Waals surface area contributed by atoms with E-state index < -0.39 is 0 Å². The van der Waals surface area contributed by atoms with Gasteiger partial charge in [-0.15, -0.1) is 0 Å². The van der Waals surface area contributed by atoms with E-state index in [1.807, 2.05) is 36.1 Å². The maximum Gasteiger partial charge on any atom is 0.317 e. The van der Waals surface area contributed by atoms with Gasteiger partial charge in [-0.1, -0.05) is 23.4 Å². The first-order valence-electron chi connectivity index (χ1n) is 9.54. The highest BCUT2D eigenvalue weighted by atomic mass is 16.5. The average molecular weight is 370 g/mol. The molecule has 1 N–H and O–H groups in total. The quantitative estimate of drug-likeness (QED) is 0.892. The van der Waals surface area contributed by atoms with Gasteiger partial charge in [0.25, 0.3) is 0 Å². The van der Waals surface area contributed by atoms with E-state index in [9.17, 15) is 4.79 Å². The van der Waals surface area contributed by atoms with Crippen molar-refractivity contribution in [3.05, 3.63) is 47.9 Å². The highest BCUT2D eigenvalue weighted by Crippen LogP contribution is 2.21. The number of hydrogen-bond acceptors (Lipinski definition) is 5. The molecule has 7 heteroatoms. The minimum Gasteiger partial charge on any atom is -0.379 e. The number of ether oxygens (including phenoxy) is 1. The number of carbonyl (C=O) groups is 1. The minimum atomic E-state index is -0.00281. The molecule has 0 aliphatic carbocycles. The lowest BCUT2D eigenvalue weighted by atomic mass is 9.98. The Labute approximate surface area is 159 Å². The van der Waals surface area contributed by atoms with Crippen molar-refractivity contribution < 1.29 is 14.1 Å². The van der Waals surface area contributed by atoms with Gasteiger partial charge in [-0.25, -0.2) is 4.79 Å². The first kappa shape index (κ1) is 17.9. The number of hydrogen-bond donors (Lipinski definition) is 1. The first-order chi connectivity index (χ1) is 13.2. The molecule has 7 nitrogen and oxygen atoms in total. The van der Waals surface area contributed by atoms with E-state index in [1.165, 1.54) is 5.69 Å². The van der Waals surface area contributed by atoms with E-state index >= 15 is 0 Å². The van der Waals surface area contributed by atoms with Crippen LogP contribution in [-0.4, -0.2) is 61.5 Å². The molecule has 2 aromatic rings. The number of urea groups is 1. The molecule has 144 valence electrons. The van der Waals surface area contributed by atoms with Crippen molar-refractivity contribution >= 4 is 11.7 Å². The highest BCUT2D eigenvalue weighted by molar-refractivity contribution is 5.75. The van der Waals surface area contributed by atoms with Crippen molar-refractivity contribution in [1.29, 1.82) is 0 Å². The Morgan fingerprint density at radius 3 is 2.67 bits per heavy atom. The van der Waals surface area contributed by atoms with E-state index in [1.54, 1.807) is 0 Å². The number of piperazine rings is 1. The third kappa shape index (κ3) is 4.24. The molecule has 2 amide bonds. The van der Waals surface area contributed by atoms with Crippen LogP contribution in [0.1, 0.15) is 11.5 Å². The summed E-state index contributed by atoms with van der Waals surface area (Å²) in [5.41, 5.74) is 2.09. The Kier molecular flexibility index (Phi) is 5.29. The third-order valence-corrected chi connectivity index (χ3v) is 5.34. The van der Waals surface area contributed by atoms with E-state index in [-0.39, 0.29) is 18.0 Å². The number of aryl methyl sites for hydroxylation is 1. The van der Waals surface area contributed by atoms with Crippen molar-refractivity contribution in [1.82, 2.24) is 15.4 Å². The standard InChI is InChI=1S/C20H26N4O3/c1-15-11-18(27-22-15)12-16-13-26-14-19(16)21-20(25)24-9-7-23(8-10-24)17-5-3-2-4-6-17/h2-6,11,16,19H,7-10,12-14H2,1H3,(H,21,25)/t16-,19+/m1/s1. The molecule has 2 saturated heterocycles. The topological polar surface area (TPSA) is 70.8 Å². The van der Waals surface area contributed by atoms with Crippen molar-refractivity contribution in [2.24, 2.45) is 5.92 Å². The zero-order valence-corrected chi connectivity index (χ0v) is 15.6. The number of anilines is 1. The summed E-state index contributed by atoms with van der Waals surface area (Å²) in [6, 6.07) is 12.3. The van der Waals surface area contributed by atoms with E-state index in [4.69, 9.17) is 9.26 Å². The number of benzene rings is 1. The predicted octanol–water partition coefficient (Wildman–Crippen LogP) is 2.07. The Balaban J connectivity index is 1.28. The van der Waals surface area contributed by atoms with Crippen molar-refractivity contribution in [2.75, 3.05) is 44.3 Å². The number of nitrogens with one attached hydrogen (secondary N) is 1. The van der Waals surface area contributed by atoms with Gasteiger partial charge in [-0.2, -0.15) is 0 Å². The summed E-state index contributed by atoms with van der Waals surface area (Å²) in [4.78, 5) is 16.9. The van der Waals surface area contributed by atoms with Crippen LogP contribution in [0.3, 0.4) is 0 Å². The Morgan fingerprint density at radius 1 is 1.19 bits per heavy atom. The SMILES string of the molecule is Cc1cc(C[C@@H]2COC[C@@H]2NC(=O)N2CCN(c3ccccc3)CC2)on1. The molecule has 1 aromatic heterocycles. The average Bonchev–Trinajstić information content (AvgIpc) is 3.31. The van der Waals surface area contributed by atoms with Gasteiger partial charge in [0, 0.05) is 50.3 Å². The molecule has 0 bridgehead atoms. The van der Waals surface area contributed by atoms with Crippen LogP contribution in [0.2, 0.25) is 0 Å². The van der Waals surface area contributed by atoms with Gasteiger partial charge < -0.3 is 24.4 Å². The fourth-order valence-corrected chi connectivity index (χ4v) is 3.79. The fourth-order valence-electron chi connectivity index (χ4n) is 3.79. The minimum absolute atomic E-state index is 0.00281. The second-order valence-corrected chi connectivity index (χ2v) is 7.30. The van der Waals surface area contributed by atoms with E-state index in [0.717, 1.165) is 44.1 Å². The lowest BCUT2D eigenvalue weighted by molar-refractivity contribution is 0.175. The Bertz CT molecular complexity index is 756. The predicted molar refractivity (Wildman–Crippen MR) is 102 cm³/mol. The van der Waals surface area contributed by atoms with Gasteiger partial charge in [-0.3, -0.25) is 0 Å². The molecule has 0 spiro atoms. The Hall–Kier alpha value is -2.54. The molecule has 1 aromatic carbocycles. The van der Waals surface area contributed by atoms with Crippen LogP contribution in [0.25, 0.3) is 0 Å². The molecule has 2 atom stereocenters. The van der Waals surface area contributed by atoms with Gasteiger partial charge in [0.05, 0.1) is 24.9 Å². The highest BCUT2D eigenvalue weighted by Gasteiger charge is 2.32. The van der Waals surface area contributed by atoms with Gasteiger partial charge in [0.15, 0.2) is 0 Å². The maximum absolute atomic E-state index is 12.7. The maximum atomic E-state index is 12.7. The summed E-state index contributed by atoms with van der Waals surface area (Å²) in [7, 11) is 0. The second-order valence-electron chi connectivity index (χ2n) is 7.30. The lowest BCUT2D eigenvalue weighted by Crippen LogP contribution is -2.54. The largest absolute Gasteiger partial charge is 0.379 e. The van der Waals surface area contributed by atoms with Crippen LogP contribution in [-0.2, 0) is 11.2 Å². The lowest BCUT2D eigenvalue weighted by Gasteiger charge is -2.36. The zero-order chi connectivity index (χ0) is 18.6. The summed E-state index contributed by atoms with van der Waals surface area (Å²) in [5, 5.41) is 7.10. The molecule has 4 rings (SSSR count). The number of aromatic nitrogens is 1. The fraction of sp³-hybridized carbons (Fsp3) is 0.500. The second kappa shape index (κ2) is 8.00. The van der Waals surface area contributed by atoms with Crippen LogP contribution in [0.5, 0.6) is 0 Å². The molecule has 27 heavy (non-hydrogen) atoms. The number of carbonyl (C=O) groups excluding carboxylic acids is 1. The van der Waals surface area contributed by atoms with Crippen LogP contribution in [0, 0.1) is 12.8 Å². The van der Waals surface area contributed by atoms with E-state index in [2.05, 4.69) is 27.5 Å². The van der Waals surface area contributed by atoms with Crippen molar-refractivity contribution in [3.8, 4) is 0 Å². The number of nitrogens with zero attached hydrogens (tertiary/aromatic N) is 3. The molecular formula is C20H26N4O3. The molecule has 0 unspecified atom stereocenters. The summed E-state index contributed by atoms with van der Waals surface area (Å²) >= 11 is 0. The van der Waals surface area contributed by atoms with Gasteiger partial charge in [-0.05, 0) is 19.1 Å². The van der Waals surface area contributed by atoms with Crippen LogP contribution in [0.4, 0.5) is 10.5 Å².